The Kier molecular flexibility index (Phi) is 2.86. The number of hydrogen-bond donors (Lipinski definition) is 2. The summed E-state index contributed by atoms with van der Waals surface area (Å²) in [4.78, 5) is 12.6. The zero-order chi connectivity index (χ0) is 12.4. The second-order valence-electron chi connectivity index (χ2n) is 3.92. The van der Waals surface area contributed by atoms with E-state index in [4.69, 9.17) is 0 Å². The lowest BCUT2D eigenvalue weighted by atomic mass is 10.2. The molecule has 0 aliphatic heterocycles. The molecule has 0 fully saturated rings. The Labute approximate surface area is 110 Å². The number of nitrogens with zero attached hydrogens (tertiary/aromatic N) is 2. The van der Waals surface area contributed by atoms with Gasteiger partial charge in [0.25, 0.3) is 0 Å². The molecule has 0 saturated heterocycles. The van der Waals surface area contributed by atoms with Crippen LogP contribution in [0.3, 0.4) is 0 Å². The van der Waals surface area contributed by atoms with Gasteiger partial charge in [0.2, 0.25) is 0 Å². The van der Waals surface area contributed by atoms with Crippen LogP contribution >= 0.6 is 12.6 Å². The molecule has 0 unspecified atom stereocenters. The first-order valence-electron chi connectivity index (χ1n) is 5.58. The fourth-order valence-electron chi connectivity index (χ4n) is 1.74. The van der Waals surface area contributed by atoms with Gasteiger partial charge in [0.15, 0.2) is 0 Å². The van der Waals surface area contributed by atoms with Crippen molar-refractivity contribution in [3.8, 4) is 0 Å². The Hall–Kier alpha value is -2.07. The number of H-pyrrole nitrogens is 1. The maximum absolute atomic E-state index is 4.45. The van der Waals surface area contributed by atoms with Gasteiger partial charge in [-0.15, -0.1) is 12.6 Å². The van der Waals surface area contributed by atoms with Crippen LogP contribution in [0.2, 0.25) is 0 Å². The second kappa shape index (κ2) is 4.66. The summed E-state index contributed by atoms with van der Waals surface area (Å²) in [7, 11) is 0. The van der Waals surface area contributed by atoms with Crippen molar-refractivity contribution in [2.24, 2.45) is 4.99 Å². The van der Waals surface area contributed by atoms with Gasteiger partial charge in [-0.1, -0.05) is 18.2 Å². The minimum absolute atomic E-state index is 0.892. The zero-order valence-electron chi connectivity index (χ0n) is 9.54. The molecular weight excluding hydrogens is 242 g/mol. The SMILES string of the molecule is Sc1ccccc1/C=N/c1ccc2nc[nH]c2c1. The molecule has 3 nitrogen and oxygen atoms in total. The van der Waals surface area contributed by atoms with E-state index in [2.05, 4.69) is 27.6 Å². The molecule has 0 aliphatic carbocycles. The Morgan fingerprint density at radius 2 is 2.06 bits per heavy atom. The number of aliphatic imine (C=N–C) groups is 1. The van der Waals surface area contributed by atoms with E-state index in [1.807, 2.05) is 48.7 Å². The number of imidazole rings is 1. The van der Waals surface area contributed by atoms with Crippen molar-refractivity contribution in [2.75, 3.05) is 0 Å². The molecule has 0 radical (unpaired) electrons. The molecule has 0 bridgehead atoms. The topological polar surface area (TPSA) is 41.0 Å². The van der Waals surface area contributed by atoms with E-state index in [9.17, 15) is 0 Å². The van der Waals surface area contributed by atoms with Gasteiger partial charge in [0, 0.05) is 16.7 Å². The van der Waals surface area contributed by atoms with Crippen LogP contribution in [0.4, 0.5) is 5.69 Å². The Balaban J connectivity index is 1.94. The summed E-state index contributed by atoms with van der Waals surface area (Å²) in [5, 5.41) is 0. The molecule has 0 spiro atoms. The predicted molar refractivity (Wildman–Crippen MR) is 77.0 cm³/mol. The first kappa shape index (κ1) is 11.0. The number of aromatic amines is 1. The summed E-state index contributed by atoms with van der Waals surface area (Å²) in [6, 6.07) is 13.7. The minimum atomic E-state index is 0.892. The molecular formula is C14H11N3S. The van der Waals surface area contributed by atoms with E-state index in [1.165, 1.54) is 0 Å². The third kappa shape index (κ3) is 2.15. The van der Waals surface area contributed by atoms with Gasteiger partial charge in [-0.2, -0.15) is 0 Å². The third-order valence-electron chi connectivity index (χ3n) is 2.69. The number of benzene rings is 2. The normalized spacial score (nSPS) is 11.4. The summed E-state index contributed by atoms with van der Waals surface area (Å²) < 4.78 is 0. The molecule has 88 valence electrons. The molecule has 3 aromatic rings. The van der Waals surface area contributed by atoms with Gasteiger partial charge in [0.1, 0.15) is 0 Å². The first-order valence-corrected chi connectivity index (χ1v) is 6.03. The lowest BCUT2D eigenvalue weighted by Crippen LogP contribution is -1.82. The van der Waals surface area contributed by atoms with E-state index in [1.54, 1.807) is 6.33 Å². The van der Waals surface area contributed by atoms with E-state index >= 15 is 0 Å². The maximum atomic E-state index is 4.45. The number of thiol groups is 1. The van der Waals surface area contributed by atoms with Crippen LogP contribution in [0.15, 0.2) is 58.7 Å². The van der Waals surface area contributed by atoms with Gasteiger partial charge in [0.05, 0.1) is 23.0 Å². The molecule has 1 aromatic heterocycles. The minimum Gasteiger partial charge on any atom is -0.345 e. The molecule has 1 heterocycles. The van der Waals surface area contributed by atoms with Crippen molar-refractivity contribution in [3.05, 3.63) is 54.4 Å². The molecule has 1 N–H and O–H groups in total. The molecule has 0 amide bonds. The van der Waals surface area contributed by atoms with Crippen LogP contribution in [0.25, 0.3) is 11.0 Å². The van der Waals surface area contributed by atoms with Crippen molar-refractivity contribution >= 4 is 35.6 Å². The smallest absolute Gasteiger partial charge is 0.0931 e. The quantitative estimate of drug-likeness (QED) is 0.531. The van der Waals surface area contributed by atoms with Crippen LogP contribution < -0.4 is 0 Å². The van der Waals surface area contributed by atoms with Gasteiger partial charge in [-0.25, -0.2) is 4.98 Å². The van der Waals surface area contributed by atoms with E-state index < -0.39 is 0 Å². The summed E-state index contributed by atoms with van der Waals surface area (Å²) in [6.07, 6.45) is 3.50. The lowest BCUT2D eigenvalue weighted by Gasteiger charge is -1.97. The average molecular weight is 253 g/mol. The highest BCUT2D eigenvalue weighted by molar-refractivity contribution is 7.80. The first-order chi connectivity index (χ1) is 8.83. The molecule has 0 saturated carbocycles. The lowest BCUT2D eigenvalue weighted by molar-refractivity contribution is 1.34. The highest BCUT2D eigenvalue weighted by Crippen LogP contribution is 2.19. The molecule has 4 heteroatoms. The molecule has 18 heavy (non-hydrogen) atoms. The molecule has 0 aliphatic rings. The van der Waals surface area contributed by atoms with E-state index in [-0.39, 0.29) is 0 Å². The van der Waals surface area contributed by atoms with Gasteiger partial charge >= 0.3 is 0 Å². The number of aromatic nitrogens is 2. The monoisotopic (exact) mass is 253 g/mol. The largest absolute Gasteiger partial charge is 0.345 e. The van der Waals surface area contributed by atoms with Gasteiger partial charge in [-0.05, 0) is 24.3 Å². The fraction of sp³-hybridized carbons (Fsp3) is 0. The zero-order valence-corrected chi connectivity index (χ0v) is 10.4. The van der Waals surface area contributed by atoms with Crippen molar-refractivity contribution in [1.29, 1.82) is 0 Å². The number of nitrogens with one attached hydrogen (secondary N) is 1. The van der Waals surface area contributed by atoms with Crippen LogP contribution in [0.1, 0.15) is 5.56 Å². The van der Waals surface area contributed by atoms with Crippen molar-refractivity contribution in [2.45, 2.75) is 4.90 Å². The van der Waals surface area contributed by atoms with Crippen molar-refractivity contribution < 1.29 is 0 Å². The molecule has 0 atom stereocenters. The summed E-state index contributed by atoms with van der Waals surface area (Å²) in [6.45, 7) is 0. The summed E-state index contributed by atoms with van der Waals surface area (Å²) >= 11 is 4.39. The highest BCUT2D eigenvalue weighted by atomic mass is 32.1. The Morgan fingerprint density at radius 1 is 1.17 bits per heavy atom. The van der Waals surface area contributed by atoms with Crippen LogP contribution in [0, 0.1) is 0 Å². The molecule has 3 rings (SSSR count). The Bertz CT molecular complexity index is 716. The summed E-state index contributed by atoms with van der Waals surface area (Å²) in [5.74, 6) is 0. The fourth-order valence-corrected chi connectivity index (χ4v) is 1.96. The third-order valence-corrected chi connectivity index (χ3v) is 3.10. The van der Waals surface area contributed by atoms with Crippen LogP contribution in [-0.2, 0) is 0 Å². The van der Waals surface area contributed by atoms with Crippen LogP contribution in [0.5, 0.6) is 0 Å². The standard InChI is InChI=1S/C14H11N3S/c18-14-4-2-1-3-10(14)8-15-11-5-6-12-13(7-11)17-9-16-12/h1-9,18H,(H,16,17)/b15-8+. The van der Waals surface area contributed by atoms with E-state index in [0.29, 0.717) is 0 Å². The Morgan fingerprint density at radius 3 is 2.94 bits per heavy atom. The van der Waals surface area contributed by atoms with Crippen molar-refractivity contribution in [3.63, 3.8) is 0 Å². The van der Waals surface area contributed by atoms with Crippen LogP contribution in [-0.4, -0.2) is 16.2 Å². The number of rotatable bonds is 2. The van der Waals surface area contributed by atoms with E-state index in [0.717, 1.165) is 27.2 Å². The predicted octanol–water partition coefficient (Wildman–Crippen LogP) is 3.60. The number of hydrogen-bond acceptors (Lipinski definition) is 3. The van der Waals surface area contributed by atoms with Gasteiger partial charge in [-0.3, -0.25) is 4.99 Å². The summed E-state index contributed by atoms with van der Waals surface area (Å²) in [5.41, 5.74) is 3.83. The second-order valence-corrected chi connectivity index (χ2v) is 4.40. The highest BCUT2D eigenvalue weighted by Gasteiger charge is 1.97. The average Bonchev–Trinajstić information content (AvgIpc) is 2.85. The molecule has 2 aromatic carbocycles. The van der Waals surface area contributed by atoms with Gasteiger partial charge < -0.3 is 4.98 Å². The maximum Gasteiger partial charge on any atom is 0.0931 e. The number of fused-ring (bicyclic) bond motifs is 1. The van der Waals surface area contributed by atoms with Crippen molar-refractivity contribution in [1.82, 2.24) is 9.97 Å².